The number of hydrogen-bond donors (Lipinski definition) is 1. The zero-order valence-electron chi connectivity index (χ0n) is 11.5. The number of rotatable bonds is 3. The van der Waals surface area contributed by atoms with Gasteiger partial charge < -0.3 is 9.84 Å². The van der Waals surface area contributed by atoms with Crippen molar-refractivity contribution in [3.8, 4) is 0 Å². The van der Waals surface area contributed by atoms with Crippen LogP contribution in [0.1, 0.15) is 50.1 Å². The predicted octanol–water partition coefficient (Wildman–Crippen LogP) is 2.97. The molecule has 0 aromatic carbocycles. The Hall–Kier alpha value is -0.200. The molecule has 0 spiro atoms. The maximum Gasteiger partial charge on any atom is 0.246 e. The molecule has 2 aliphatic heterocycles. The van der Waals surface area contributed by atoms with E-state index in [1.165, 1.54) is 17.9 Å². The second-order valence-electron chi connectivity index (χ2n) is 5.29. The van der Waals surface area contributed by atoms with Crippen molar-refractivity contribution < 1.29 is 4.52 Å². The SMILES string of the molecule is CCC1(c2nc(C3SCCSC3C)no2)CCCN1. The van der Waals surface area contributed by atoms with Crippen molar-refractivity contribution >= 4 is 23.5 Å². The molecular formula is C13H21N3OS2. The van der Waals surface area contributed by atoms with Crippen molar-refractivity contribution in [2.75, 3.05) is 18.1 Å². The van der Waals surface area contributed by atoms with Crippen molar-refractivity contribution in [1.82, 2.24) is 15.5 Å². The quantitative estimate of drug-likeness (QED) is 0.926. The molecule has 4 nitrogen and oxygen atoms in total. The molecule has 6 heteroatoms. The normalized spacial score (nSPS) is 35.7. The molecule has 1 aromatic heterocycles. The largest absolute Gasteiger partial charge is 0.337 e. The van der Waals surface area contributed by atoms with E-state index in [1.807, 2.05) is 23.5 Å². The van der Waals surface area contributed by atoms with Crippen molar-refractivity contribution in [2.45, 2.75) is 49.1 Å². The molecule has 3 rings (SSSR count). The Balaban J connectivity index is 1.82. The van der Waals surface area contributed by atoms with Crippen molar-refractivity contribution in [3.05, 3.63) is 11.7 Å². The van der Waals surface area contributed by atoms with Gasteiger partial charge in [-0.3, -0.25) is 0 Å². The van der Waals surface area contributed by atoms with Gasteiger partial charge in [0.1, 0.15) is 0 Å². The third kappa shape index (κ3) is 2.54. The van der Waals surface area contributed by atoms with Crippen LogP contribution in [0.4, 0.5) is 0 Å². The average Bonchev–Trinajstić information content (AvgIpc) is 3.09. The fraction of sp³-hybridized carbons (Fsp3) is 0.846. The monoisotopic (exact) mass is 299 g/mol. The Labute approximate surface area is 122 Å². The summed E-state index contributed by atoms with van der Waals surface area (Å²) in [4.78, 5) is 4.73. The maximum atomic E-state index is 5.60. The Morgan fingerprint density at radius 3 is 2.95 bits per heavy atom. The molecule has 0 amide bonds. The highest BCUT2D eigenvalue weighted by Crippen LogP contribution is 2.42. The Bertz CT molecular complexity index is 431. The summed E-state index contributed by atoms with van der Waals surface area (Å²) in [7, 11) is 0. The summed E-state index contributed by atoms with van der Waals surface area (Å²) in [6.45, 7) is 5.51. The minimum atomic E-state index is -0.0685. The van der Waals surface area contributed by atoms with Crippen LogP contribution in [0.3, 0.4) is 0 Å². The van der Waals surface area contributed by atoms with Crippen LogP contribution in [-0.4, -0.2) is 33.4 Å². The van der Waals surface area contributed by atoms with Crippen LogP contribution >= 0.6 is 23.5 Å². The van der Waals surface area contributed by atoms with Gasteiger partial charge in [0.05, 0.1) is 10.8 Å². The predicted molar refractivity (Wildman–Crippen MR) is 80.6 cm³/mol. The first-order valence-electron chi connectivity index (χ1n) is 7.07. The summed E-state index contributed by atoms with van der Waals surface area (Å²) in [6.07, 6.45) is 3.31. The van der Waals surface area contributed by atoms with E-state index >= 15 is 0 Å². The molecule has 2 saturated heterocycles. The Morgan fingerprint density at radius 2 is 2.26 bits per heavy atom. The molecule has 19 heavy (non-hydrogen) atoms. The number of thioether (sulfide) groups is 2. The second kappa shape index (κ2) is 5.66. The molecule has 2 fully saturated rings. The van der Waals surface area contributed by atoms with Crippen LogP contribution in [0, 0.1) is 0 Å². The van der Waals surface area contributed by atoms with Crippen LogP contribution in [-0.2, 0) is 5.54 Å². The van der Waals surface area contributed by atoms with Gasteiger partial charge >= 0.3 is 0 Å². The van der Waals surface area contributed by atoms with E-state index in [9.17, 15) is 0 Å². The molecule has 0 bridgehead atoms. The summed E-state index contributed by atoms with van der Waals surface area (Å²) in [6, 6.07) is 0. The zero-order valence-corrected chi connectivity index (χ0v) is 13.1. The van der Waals surface area contributed by atoms with Crippen molar-refractivity contribution in [1.29, 1.82) is 0 Å². The molecule has 0 radical (unpaired) electrons. The maximum absolute atomic E-state index is 5.60. The van der Waals surface area contributed by atoms with Gasteiger partial charge in [0.15, 0.2) is 5.82 Å². The van der Waals surface area contributed by atoms with Gasteiger partial charge in [-0.05, 0) is 25.8 Å². The van der Waals surface area contributed by atoms with E-state index in [2.05, 4.69) is 24.3 Å². The molecule has 2 aliphatic rings. The third-order valence-electron chi connectivity index (χ3n) is 4.14. The summed E-state index contributed by atoms with van der Waals surface area (Å²) in [5, 5.41) is 8.77. The lowest BCUT2D eigenvalue weighted by molar-refractivity contribution is 0.249. The van der Waals surface area contributed by atoms with E-state index < -0.39 is 0 Å². The Morgan fingerprint density at radius 1 is 1.42 bits per heavy atom. The van der Waals surface area contributed by atoms with E-state index in [-0.39, 0.29) is 5.54 Å². The van der Waals surface area contributed by atoms with Gasteiger partial charge in [0, 0.05) is 16.8 Å². The number of nitrogens with zero attached hydrogens (tertiary/aromatic N) is 2. The molecular weight excluding hydrogens is 278 g/mol. The number of hydrogen-bond acceptors (Lipinski definition) is 6. The van der Waals surface area contributed by atoms with E-state index in [4.69, 9.17) is 9.51 Å². The molecule has 1 N–H and O–H groups in total. The van der Waals surface area contributed by atoms with Gasteiger partial charge in [-0.25, -0.2) is 0 Å². The van der Waals surface area contributed by atoms with Gasteiger partial charge in [-0.15, -0.1) is 11.8 Å². The van der Waals surface area contributed by atoms with Crippen LogP contribution in [0.5, 0.6) is 0 Å². The molecule has 1 aromatic rings. The first kappa shape index (κ1) is 13.8. The van der Waals surface area contributed by atoms with Gasteiger partial charge in [0.25, 0.3) is 0 Å². The number of nitrogens with one attached hydrogen (secondary N) is 1. The highest BCUT2D eigenvalue weighted by atomic mass is 32.2. The molecule has 3 atom stereocenters. The van der Waals surface area contributed by atoms with E-state index in [1.54, 1.807) is 0 Å². The van der Waals surface area contributed by atoms with Gasteiger partial charge in [-0.2, -0.15) is 16.7 Å². The van der Waals surface area contributed by atoms with Crippen LogP contribution in [0.2, 0.25) is 0 Å². The second-order valence-corrected chi connectivity index (χ2v) is 8.03. The van der Waals surface area contributed by atoms with Gasteiger partial charge in [0.2, 0.25) is 5.89 Å². The van der Waals surface area contributed by atoms with Crippen molar-refractivity contribution in [3.63, 3.8) is 0 Å². The van der Waals surface area contributed by atoms with Crippen molar-refractivity contribution in [2.24, 2.45) is 0 Å². The summed E-state index contributed by atoms with van der Waals surface area (Å²) in [5.74, 6) is 4.10. The molecule has 3 unspecified atom stereocenters. The van der Waals surface area contributed by atoms with Crippen LogP contribution < -0.4 is 5.32 Å². The smallest absolute Gasteiger partial charge is 0.246 e. The highest BCUT2D eigenvalue weighted by molar-refractivity contribution is 8.06. The zero-order chi connectivity index (χ0) is 13.3. The van der Waals surface area contributed by atoms with E-state index in [0.29, 0.717) is 10.5 Å². The average molecular weight is 299 g/mol. The molecule has 0 saturated carbocycles. The fourth-order valence-corrected chi connectivity index (χ4v) is 5.58. The third-order valence-corrected chi connectivity index (χ3v) is 7.23. The standard InChI is InChI=1S/C13H21N3OS2/c1-3-13(5-4-6-14-13)12-15-11(16-17-12)10-9(2)18-7-8-19-10/h9-10,14H,3-8H2,1-2H3. The Kier molecular flexibility index (Phi) is 4.10. The first-order valence-corrected chi connectivity index (χ1v) is 9.17. The minimum Gasteiger partial charge on any atom is -0.337 e. The minimum absolute atomic E-state index is 0.0685. The molecule has 3 heterocycles. The van der Waals surface area contributed by atoms with Crippen LogP contribution in [0.15, 0.2) is 4.52 Å². The fourth-order valence-electron chi connectivity index (χ4n) is 2.90. The van der Waals surface area contributed by atoms with E-state index in [0.717, 1.165) is 31.1 Å². The summed E-state index contributed by atoms with van der Waals surface area (Å²) >= 11 is 3.97. The summed E-state index contributed by atoms with van der Waals surface area (Å²) < 4.78 is 5.60. The van der Waals surface area contributed by atoms with Crippen LogP contribution in [0.25, 0.3) is 0 Å². The highest BCUT2D eigenvalue weighted by Gasteiger charge is 2.40. The lowest BCUT2D eigenvalue weighted by atomic mass is 9.94. The summed E-state index contributed by atoms with van der Waals surface area (Å²) in [5.41, 5.74) is -0.0685. The van der Waals surface area contributed by atoms with Gasteiger partial charge in [-0.1, -0.05) is 19.0 Å². The topological polar surface area (TPSA) is 51.0 Å². The lowest BCUT2D eigenvalue weighted by Gasteiger charge is -2.25. The lowest BCUT2D eigenvalue weighted by Crippen LogP contribution is -2.36. The molecule has 0 aliphatic carbocycles. The first-order chi connectivity index (χ1) is 9.25. The molecule has 106 valence electrons. The number of aromatic nitrogens is 2.